The molecule has 1 atom stereocenters. The molecule has 28 heavy (non-hydrogen) atoms. The van der Waals surface area contributed by atoms with Gasteiger partial charge in [-0.25, -0.2) is 0 Å². The highest BCUT2D eigenvalue weighted by Crippen LogP contribution is 2.29. The van der Waals surface area contributed by atoms with Crippen LogP contribution in [0.15, 0.2) is 36.4 Å². The van der Waals surface area contributed by atoms with Crippen molar-refractivity contribution in [1.29, 1.82) is 0 Å². The third kappa shape index (κ3) is 3.95. The number of likely N-dealkylation sites (tertiary alicyclic amines) is 1. The smallest absolute Gasteiger partial charge is 0.273 e. The maximum Gasteiger partial charge on any atom is 0.273 e. The number of anilines is 1. The molecule has 0 spiro atoms. The molecule has 1 unspecified atom stereocenters. The van der Waals surface area contributed by atoms with E-state index in [4.69, 9.17) is 23.2 Å². The van der Waals surface area contributed by atoms with Crippen LogP contribution >= 0.6 is 23.2 Å². The molecule has 0 bridgehead atoms. The molecule has 0 aromatic heterocycles. The standard InChI is InChI=1S/C19H17Cl2N3O4/c1-11-13(4-2-5-16(11)24(27)28)19(26)23-9-3-6-17(23)18(25)22-15-10-12(20)7-8-14(15)21/h2,4-5,7-8,10,17H,3,6,9H2,1H3,(H,22,25). The molecule has 0 radical (unpaired) electrons. The number of carbonyl (C=O) groups is 2. The van der Waals surface area contributed by atoms with Gasteiger partial charge in [-0.15, -0.1) is 0 Å². The molecule has 2 aromatic carbocycles. The Morgan fingerprint density at radius 3 is 2.71 bits per heavy atom. The van der Waals surface area contributed by atoms with E-state index in [0.717, 1.165) is 0 Å². The van der Waals surface area contributed by atoms with Crippen molar-refractivity contribution in [3.8, 4) is 0 Å². The van der Waals surface area contributed by atoms with Gasteiger partial charge >= 0.3 is 0 Å². The van der Waals surface area contributed by atoms with Crippen LogP contribution in [0.2, 0.25) is 10.0 Å². The largest absolute Gasteiger partial charge is 0.327 e. The molecule has 0 saturated carbocycles. The minimum Gasteiger partial charge on any atom is -0.327 e. The fraction of sp³-hybridized carbons (Fsp3) is 0.263. The first kappa shape index (κ1) is 20.1. The molecule has 2 amide bonds. The van der Waals surface area contributed by atoms with Crippen molar-refractivity contribution in [2.45, 2.75) is 25.8 Å². The van der Waals surface area contributed by atoms with Crippen LogP contribution in [-0.2, 0) is 4.79 Å². The lowest BCUT2D eigenvalue weighted by Crippen LogP contribution is -2.43. The Balaban J connectivity index is 1.84. The summed E-state index contributed by atoms with van der Waals surface area (Å²) in [6.45, 7) is 1.92. The van der Waals surface area contributed by atoms with E-state index in [1.807, 2.05) is 0 Å². The number of amides is 2. The number of carbonyl (C=O) groups excluding carboxylic acids is 2. The second-order valence-corrected chi connectivity index (χ2v) is 7.32. The van der Waals surface area contributed by atoms with E-state index in [2.05, 4.69) is 5.32 Å². The van der Waals surface area contributed by atoms with Gasteiger partial charge in [0.1, 0.15) is 6.04 Å². The molecule has 2 aromatic rings. The molecule has 1 aliphatic rings. The van der Waals surface area contributed by atoms with Gasteiger partial charge in [-0.05, 0) is 44.0 Å². The molecule has 1 saturated heterocycles. The number of nitrogens with zero attached hydrogens (tertiary/aromatic N) is 2. The van der Waals surface area contributed by atoms with Crippen molar-refractivity contribution < 1.29 is 14.5 Å². The zero-order chi connectivity index (χ0) is 20.4. The van der Waals surface area contributed by atoms with Crippen LogP contribution in [0.5, 0.6) is 0 Å². The SMILES string of the molecule is Cc1c(C(=O)N2CCCC2C(=O)Nc2cc(Cl)ccc2Cl)cccc1[N+](=O)[O-]. The van der Waals surface area contributed by atoms with E-state index in [-0.39, 0.29) is 22.7 Å². The molecule has 1 heterocycles. The van der Waals surface area contributed by atoms with Gasteiger partial charge in [0.15, 0.2) is 0 Å². The number of hydrogen-bond donors (Lipinski definition) is 1. The first-order chi connectivity index (χ1) is 13.3. The second kappa shape index (κ2) is 8.16. The Kier molecular flexibility index (Phi) is 5.86. The molecule has 1 N–H and O–H groups in total. The second-order valence-electron chi connectivity index (χ2n) is 6.48. The third-order valence-corrected chi connectivity index (χ3v) is 5.30. The summed E-state index contributed by atoms with van der Waals surface area (Å²) in [6, 6.07) is 8.37. The van der Waals surface area contributed by atoms with Crippen molar-refractivity contribution in [3.63, 3.8) is 0 Å². The number of rotatable bonds is 4. The van der Waals surface area contributed by atoms with Crippen LogP contribution in [0.3, 0.4) is 0 Å². The average Bonchev–Trinajstić information content (AvgIpc) is 3.14. The molecule has 3 rings (SSSR count). The van der Waals surface area contributed by atoms with Crippen LogP contribution in [0, 0.1) is 17.0 Å². The summed E-state index contributed by atoms with van der Waals surface area (Å²) in [7, 11) is 0. The Labute approximate surface area is 171 Å². The lowest BCUT2D eigenvalue weighted by molar-refractivity contribution is -0.385. The number of nitro groups is 1. The monoisotopic (exact) mass is 421 g/mol. The minimum atomic E-state index is -0.693. The molecule has 9 heteroatoms. The molecule has 7 nitrogen and oxygen atoms in total. The summed E-state index contributed by atoms with van der Waals surface area (Å²) in [4.78, 5) is 37.8. The first-order valence-corrected chi connectivity index (χ1v) is 9.36. The van der Waals surface area contributed by atoms with Crippen molar-refractivity contribution >= 4 is 46.4 Å². The average molecular weight is 422 g/mol. The number of nitrogens with one attached hydrogen (secondary N) is 1. The summed E-state index contributed by atoms with van der Waals surface area (Å²) in [6.07, 6.45) is 1.14. The van der Waals surface area contributed by atoms with Gasteiger partial charge < -0.3 is 10.2 Å². The minimum absolute atomic E-state index is 0.128. The number of nitro benzene ring substituents is 1. The van der Waals surface area contributed by atoms with E-state index in [1.165, 1.54) is 36.1 Å². The van der Waals surface area contributed by atoms with E-state index in [1.54, 1.807) is 12.1 Å². The highest BCUT2D eigenvalue weighted by molar-refractivity contribution is 6.35. The zero-order valence-electron chi connectivity index (χ0n) is 14.9. The van der Waals surface area contributed by atoms with E-state index in [0.29, 0.717) is 35.1 Å². The van der Waals surface area contributed by atoms with Gasteiger partial charge in [0.05, 0.1) is 15.6 Å². The Morgan fingerprint density at radius 1 is 1.25 bits per heavy atom. The van der Waals surface area contributed by atoms with Gasteiger partial charge in [-0.3, -0.25) is 19.7 Å². The van der Waals surface area contributed by atoms with Crippen LogP contribution in [-0.4, -0.2) is 34.2 Å². The first-order valence-electron chi connectivity index (χ1n) is 8.60. The number of benzene rings is 2. The topological polar surface area (TPSA) is 92.6 Å². The van der Waals surface area contributed by atoms with Gasteiger partial charge in [-0.2, -0.15) is 0 Å². The van der Waals surface area contributed by atoms with Gasteiger partial charge in [0.25, 0.3) is 11.6 Å². The summed E-state index contributed by atoms with van der Waals surface area (Å²) >= 11 is 12.0. The van der Waals surface area contributed by atoms with Crippen LogP contribution in [0.4, 0.5) is 11.4 Å². The number of hydrogen-bond acceptors (Lipinski definition) is 4. The fourth-order valence-electron chi connectivity index (χ4n) is 3.30. The highest BCUT2D eigenvalue weighted by atomic mass is 35.5. The summed E-state index contributed by atoms with van der Waals surface area (Å²) in [5.41, 5.74) is 0.734. The predicted octanol–water partition coefficient (Wildman–Crippen LogP) is 4.45. The van der Waals surface area contributed by atoms with Gasteiger partial charge in [0.2, 0.25) is 5.91 Å². The fourth-order valence-corrected chi connectivity index (χ4v) is 3.64. The molecular weight excluding hydrogens is 405 g/mol. The Bertz CT molecular complexity index is 964. The maximum atomic E-state index is 13.0. The molecule has 146 valence electrons. The Morgan fingerprint density at radius 2 is 2.00 bits per heavy atom. The van der Waals surface area contributed by atoms with E-state index in [9.17, 15) is 19.7 Å². The lowest BCUT2D eigenvalue weighted by Gasteiger charge is -2.25. The predicted molar refractivity (Wildman–Crippen MR) is 107 cm³/mol. The maximum absolute atomic E-state index is 13.0. The third-order valence-electron chi connectivity index (χ3n) is 4.73. The van der Waals surface area contributed by atoms with Crippen LogP contribution in [0.25, 0.3) is 0 Å². The van der Waals surface area contributed by atoms with Crippen LogP contribution < -0.4 is 5.32 Å². The molecular formula is C19H17Cl2N3O4. The van der Waals surface area contributed by atoms with E-state index >= 15 is 0 Å². The quantitative estimate of drug-likeness (QED) is 0.582. The normalized spacial score (nSPS) is 16.1. The van der Waals surface area contributed by atoms with E-state index < -0.39 is 16.9 Å². The molecule has 0 aliphatic carbocycles. The van der Waals surface area contributed by atoms with Crippen molar-refractivity contribution in [2.75, 3.05) is 11.9 Å². The highest BCUT2D eigenvalue weighted by Gasteiger charge is 2.36. The lowest BCUT2D eigenvalue weighted by atomic mass is 10.0. The molecule has 1 aliphatic heterocycles. The summed E-state index contributed by atoms with van der Waals surface area (Å²) in [5, 5.41) is 14.6. The van der Waals surface area contributed by atoms with Crippen molar-refractivity contribution in [1.82, 2.24) is 4.90 Å². The zero-order valence-corrected chi connectivity index (χ0v) is 16.5. The molecule has 1 fully saturated rings. The summed E-state index contributed by atoms with van der Waals surface area (Å²) in [5.74, 6) is -0.783. The van der Waals surface area contributed by atoms with Crippen LogP contribution in [0.1, 0.15) is 28.8 Å². The van der Waals surface area contributed by atoms with Gasteiger partial charge in [-0.1, -0.05) is 29.3 Å². The number of halogens is 2. The van der Waals surface area contributed by atoms with Crippen molar-refractivity contribution in [2.24, 2.45) is 0 Å². The van der Waals surface area contributed by atoms with Crippen molar-refractivity contribution in [3.05, 3.63) is 67.7 Å². The van der Waals surface area contributed by atoms with Gasteiger partial charge in [0, 0.05) is 28.8 Å². The summed E-state index contributed by atoms with van der Waals surface area (Å²) < 4.78 is 0. The Hall–Kier alpha value is -2.64.